The molecule has 0 saturated carbocycles. The first-order chi connectivity index (χ1) is 10.6. The molecule has 5 heteroatoms. The van der Waals surface area contributed by atoms with Gasteiger partial charge in [-0.2, -0.15) is 0 Å². The molecule has 1 aromatic carbocycles. The van der Waals surface area contributed by atoms with Gasteiger partial charge in [0.15, 0.2) is 0 Å². The molecule has 1 aromatic heterocycles. The highest BCUT2D eigenvalue weighted by Crippen LogP contribution is 2.15. The Bertz CT molecular complexity index is 622. The normalized spacial score (nSPS) is 12.1. The van der Waals surface area contributed by atoms with E-state index in [9.17, 15) is 4.79 Å². The van der Waals surface area contributed by atoms with Crippen LogP contribution in [-0.2, 0) is 17.8 Å². The van der Waals surface area contributed by atoms with E-state index in [4.69, 9.17) is 4.52 Å². The standard InChI is InChI=1S/C17H23N3O2/c1-4-14-7-5-6-8-16(14)19-17(21)9-12(2)18-11-15-10-13(3)22-20-15/h5-8,10,12,18H,4,9,11H2,1-3H3,(H,19,21)/t12-/m0/s1. The second-order valence-corrected chi connectivity index (χ2v) is 5.47. The molecule has 2 N–H and O–H groups in total. The van der Waals surface area contributed by atoms with Crippen molar-refractivity contribution in [3.05, 3.63) is 47.3 Å². The smallest absolute Gasteiger partial charge is 0.225 e. The summed E-state index contributed by atoms with van der Waals surface area (Å²) in [6, 6.07) is 9.84. The zero-order valence-electron chi connectivity index (χ0n) is 13.3. The van der Waals surface area contributed by atoms with Crippen molar-refractivity contribution in [1.29, 1.82) is 0 Å². The zero-order chi connectivity index (χ0) is 15.9. The van der Waals surface area contributed by atoms with Crippen molar-refractivity contribution >= 4 is 11.6 Å². The maximum Gasteiger partial charge on any atom is 0.225 e. The molecule has 1 atom stereocenters. The number of benzene rings is 1. The lowest BCUT2D eigenvalue weighted by Crippen LogP contribution is -2.30. The molecule has 0 radical (unpaired) electrons. The molecule has 2 aromatic rings. The number of carbonyl (C=O) groups excluding carboxylic acids is 1. The lowest BCUT2D eigenvalue weighted by Gasteiger charge is -2.14. The van der Waals surface area contributed by atoms with Crippen LogP contribution in [0.4, 0.5) is 5.69 Å². The van der Waals surface area contributed by atoms with Crippen molar-refractivity contribution < 1.29 is 9.32 Å². The van der Waals surface area contributed by atoms with E-state index in [0.29, 0.717) is 13.0 Å². The van der Waals surface area contributed by atoms with E-state index in [0.717, 1.165) is 29.1 Å². The number of para-hydroxylation sites is 1. The molecule has 5 nitrogen and oxygen atoms in total. The number of rotatable bonds is 7. The Morgan fingerprint density at radius 1 is 1.36 bits per heavy atom. The van der Waals surface area contributed by atoms with Gasteiger partial charge in [-0.15, -0.1) is 0 Å². The van der Waals surface area contributed by atoms with Gasteiger partial charge in [0.2, 0.25) is 5.91 Å². The van der Waals surface area contributed by atoms with Crippen molar-refractivity contribution in [2.45, 2.75) is 46.2 Å². The van der Waals surface area contributed by atoms with Crippen LogP contribution in [-0.4, -0.2) is 17.1 Å². The average molecular weight is 301 g/mol. The summed E-state index contributed by atoms with van der Waals surface area (Å²) in [5.74, 6) is 0.801. The highest BCUT2D eigenvalue weighted by molar-refractivity contribution is 5.91. The van der Waals surface area contributed by atoms with Crippen molar-refractivity contribution in [2.24, 2.45) is 0 Å². The van der Waals surface area contributed by atoms with Crippen LogP contribution in [0.15, 0.2) is 34.9 Å². The van der Waals surface area contributed by atoms with Gasteiger partial charge in [-0.3, -0.25) is 4.79 Å². The summed E-state index contributed by atoms with van der Waals surface area (Å²) in [7, 11) is 0. The van der Waals surface area contributed by atoms with E-state index in [1.54, 1.807) is 0 Å². The molecule has 0 unspecified atom stereocenters. The van der Waals surface area contributed by atoms with Crippen molar-refractivity contribution in [1.82, 2.24) is 10.5 Å². The Morgan fingerprint density at radius 2 is 2.14 bits per heavy atom. The number of aryl methyl sites for hydroxylation is 2. The van der Waals surface area contributed by atoms with Gasteiger partial charge in [0.25, 0.3) is 0 Å². The monoisotopic (exact) mass is 301 g/mol. The maximum atomic E-state index is 12.1. The highest BCUT2D eigenvalue weighted by atomic mass is 16.5. The van der Waals surface area contributed by atoms with Crippen LogP contribution in [0, 0.1) is 6.92 Å². The zero-order valence-corrected chi connectivity index (χ0v) is 13.3. The Labute approximate surface area is 131 Å². The summed E-state index contributed by atoms with van der Waals surface area (Å²) >= 11 is 0. The second kappa shape index (κ2) is 7.75. The Kier molecular flexibility index (Phi) is 5.72. The number of nitrogens with one attached hydrogen (secondary N) is 2. The first-order valence-electron chi connectivity index (χ1n) is 7.61. The molecule has 22 heavy (non-hydrogen) atoms. The fourth-order valence-electron chi connectivity index (χ4n) is 2.28. The van der Waals surface area contributed by atoms with Crippen molar-refractivity contribution in [2.75, 3.05) is 5.32 Å². The number of hydrogen-bond donors (Lipinski definition) is 2. The van der Waals surface area contributed by atoms with Crippen LogP contribution in [0.1, 0.15) is 37.3 Å². The first kappa shape index (κ1) is 16.2. The summed E-state index contributed by atoms with van der Waals surface area (Å²) in [5, 5.41) is 10.2. The number of amides is 1. The molecule has 0 aliphatic rings. The van der Waals surface area contributed by atoms with E-state index in [1.807, 2.05) is 44.2 Å². The van der Waals surface area contributed by atoms with Crippen LogP contribution < -0.4 is 10.6 Å². The Morgan fingerprint density at radius 3 is 2.82 bits per heavy atom. The molecular weight excluding hydrogens is 278 g/mol. The quantitative estimate of drug-likeness (QED) is 0.825. The van der Waals surface area contributed by atoms with Crippen molar-refractivity contribution in [3.8, 4) is 0 Å². The topological polar surface area (TPSA) is 67.2 Å². The Hall–Kier alpha value is -2.14. The fraction of sp³-hybridized carbons (Fsp3) is 0.412. The van der Waals surface area contributed by atoms with E-state index >= 15 is 0 Å². The largest absolute Gasteiger partial charge is 0.361 e. The minimum absolute atomic E-state index is 0.0113. The molecule has 2 rings (SSSR count). The molecule has 0 saturated heterocycles. The van der Waals surface area contributed by atoms with Crippen LogP contribution in [0.5, 0.6) is 0 Å². The third kappa shape index (κ3) is 4.70. The number of aromatic nitrogens is 1. The number of carbonyl (C=O) groups is 1. The van der Waals surface area contributed by atoms with Gasteiger partial charge >= 0.3 is 0 Å². The molecule has 0 aliphatic heterocycles. The van der Waals surface area contributed by atoms with E-state index < -0.39 is 0 Å². The van der Waals surface area contributed by atoms with E-state index in [1.165, 1.54) is 0 Å². The molecule has 118 valence electrons. The van der Waals surface area contributed by atoms with Gasteiger partial charge in [0, 0.05) is 30.8 Å². The van der Waals surface area contributed by atoms with Crippen LogP contribution in [0.2, 0.25) is 0 Å². The molecule has 1 heterocycles. The van der Waals surface area contributed by atoms with Gasteiger partial charge in [-0.25, -0.2) is 0 Å². The maximum absolute atomic E-state index is 12.1. The molecule has 0 fully saturated rings. The first-order valence-corrected chi connectivity index (χ1v) is 7.61. The Balaban J connectivity index is 1.81. The molecular formula is C17H23N3O2. The van der Waals surface area contributed by atoms with Crippen LogP contribution in [0.25, 0.3) is 0 Å². The van der Waals surface area contributed by atoms with Crippen LogP contribution >= 0.6 is 0 Å². The summed E-state index contributed by atoms with van der Waals surface area (Å²) < 4.78 is 5.01. The van der Waals surface area contributed by atoms with Gasteiger partial charge in [-0.05, 0) is 31.9 Å². The van der Waals surface area contributed by atoms with Gasteiger partial charge in [0.1, 0.15) is 5.76 Å². The fourth-order valence-corrected chi connectivity index (χ4v) is 2.28. The van der Waals surface area contributed by atoms with E-state index in [2.05, 4.69) is 22.7 Å². The summed E-state index contributed by atoms with van der Waals surface area (Å²) in [6.07, 6.45) is 1.31. The third-order valence-corrected chi connectivity index (χ3v) is 3.47. The second-order valence-electron chi connectivity index (χ2n) is 5.47. The predicted octanol–water partition coefficient (Wildman–Crippen LogP) is 3.05. The molecule has 0 spiro atoms. The number of nitrogens with zero attached hydrogens (tertiary/aromatic N) is 1. The average Bonchev–Trinajstić information content (AvgIpc) is 2.91. The summed E-state index contributed by atoms with van der Waals surface area (Å²) in [6.45, 7) is 6.52. The summed E-state index contributed by atoms with van der Waals surface area (Å²) in [4.78, 5) is 12.1. The van der Waals surface area contributed by atoms with Gasteiger partial charge < -0.3 is 15.2 Å². The SMILES string of the molecule is CCc1ccccc1NC(=O)C[C@H](C)NCc1cc(C)on1. The van der Waals surface area contributed by atoms with Crippen LogP contribution in [0.3, 0.4) is 0 Å². The van der Waals surface area contributed by atoms with E-state index in [-0.39, 0.29) is 11.9 Å². The number of hydrogen-bond acceptors (Lipinski definition) is 4. The lowest BCUT2D eigenvalue weighted by atomic mass is 10.1. The number of anilines is 1. The summed E-state index contributed by atoms with van der Waals surface area (Å²) in [5.41, 5.74) is 2.89. The van der Waals surface area contributed by atoms with Crippen molar-refractivity contribution in [3.63, 3.8) is 0 Å². The molecule has 0 aliphatic carbocycles. The minimum atomic E-state index is 0.0113. The highest BCUT2D eigenvalue weighted by Gasteiger charge is 2.11. The van der Waals surface area contributed by atoms with Gasteiger partial charge in [-0.1, -0.05) is 30.3 Å². The van der Waals surface area contributed by atoms with Gasteiger partial charge in [0.05, 0.1) is 5.69 Å². The molecule has 0 bridgehead atoms. The molecule has 1 amide bonds. The third-order valence-electron chi connectivity index (χ3n) is 3.47. The lowest BCUT2D eigenvalue weighted by molar-refractivity contribution is -0.116. The predicted molar refractivity (Wildman–Crippen MR) is 86.6 cm³/mol. The minimum Gasteiger partial charge on any atom is -0.361 e.